The monoisotopic (exact) mass is 289 g/mol. The molecule has 3 heteroatoms. The van der Waals surface area contributed by atoms with E-state index < -0.39 is 0 Å². The predicted molar refractivity (Wildman–Crippen MR) is 84.7 cm³/mol. The summed E-state index contributed by atoms with van der Waals surface area (Å²) in [5.41, 5.74) is 1.31. The van der Waals surface area contributed by atoms with Crippen LogP contribution in [0.25, 0.3) is 0 Å². The Balaban J connectivity index is 1.48. The van der Waals surface area contributed by atoms with Gasteiger partial charge in [0.15, 0.2) is 0 Å². The molecule has 1 heterocycles. The molecule has 0 radical (unpaired) electrons. The minimum Gasteiger partial charge on any atom is -0.490 e. The van der Waals surface area contributed by atoms with Crippen LogP contribution in [0.3, 0.4) is 0 Å². The fourth-order valence-corrected chi connectivity index (χ4v) is 3.27. The minimum atomic E-state index is 0.356. The van der Waals surface area contributed by atoms with Crippen LogP contribution in [0.4, 0.5) is 0 Å². The van der Waals surface area contributed by atoms with Crippen molar-refractivity contribution in [3.63, 3.8) is 0 Å². The number of hydrogen-bond donors (Lipinski definition) is 1. The van der Waals surface area contributed by atoms with Crippen molar-refractivity contribution in [1.29, 1.82) is 0 Å². The molecule has 21 heavy (non-hydrogen) atoms. The van der Waals surface area contributed by atoms with Crippen molar-refractivity contribution >= 4 is 0 Å². The van der Waals surface area contributed by atoms with Crippen LogP contribution in [-0.4, -0.2) is 25.4 Å². The Kier molecular flexibility index (Phi) is 5.15. The van der Waals surface area contributed by atoms with E-state index >= 15 is 0 Å². The number of hydrogen-bond acceptors (Lipinski definition) is 3. The summed E-state index contributed by atoms with van der Waals surface area (Å²) in [4.78, 5) is 0. The van der Waals surface area contributed by atoms with Gasteiger partial charge in [-0.3, -0.25) is 0 Å². The third-order valence-corrected chi connectivity index (χ3v) is 4.66. The van der Waals surface area contributed by atoms with E-state index in [1.807, 2.05) is 0 Å². The molecule has 116 valence electrons. The van der Waals surface area contributed by atoms with Crippen molar-refractivity contribution in [3.05, 3.63) is 29.8 Å². The van der Waals surface area contributed by atoms with Gasteiger partial charge in [-0.1, -0.05) is 12.1 Å². The van der Waals surface area contributed by atoms with Gasteiger partial charge in [-0.25, -0.2) is 0 Å². The normalized spacial score (nSPS) is 24.3. The van der Waals surface area contributed by atoms with E-state index in [0.717, 1.165) is 18.9 Å². The highest BCUT2D eigenvalue weighted by molar-refractivity contribution is 5.29. The predicted octanol–water partition coefficient (Wildman–Crippen LogP) is 3.84. The summed E-state index contributed by atoms with van der Waals surface area (Å²) in [6, 6.07) is 8.93. The second-order valence-corrected chi connectivity index (χ2v) is 6.36. The van der Waals surface area contributed by atoms with Crippen molar-refractivity contribution in [2.45, 2.75) is 63.7 Å². The van der Waals surface area contributed by atoms with Gasteiger partial charge in [-0.05, 0) is 63.1 Å². The highest BCUT2D eigenvalue weighted by Gasteiger charge is 2.18. The number of ether oxygens (including phenoxy) is 2. The van der Waals surface area contributed by atoms with E-state index in [9.17, 15) is 0 Å². The highest BCUT2D eigenvalue weighted by Crippen LogP contribution is 2.25. The van der Waals surface area contributed by atoms with E-state index in [-0.39, 0.29) is 0 Å². The second kappa shape index (κ2) is 7.28. The first-order chi connectivity index (χ1) is 10.3. The molecule has 1 aromatic rings. The van der Waals surface area contributed by atoms with E-state index in [2.05, 4.69) is 36.5 Å². The summed E-state index contributed by atoms with van der Waals surface area (Å²) in [6.07, 6.45) is 8.27. The summed E-state index contributed by atoms with van der Waals surface area (Å²) >= 11 is 0. The van der Waals surface area contributed by atoms with Crippen molar-refractivity contribution < 1.29 is 9.47 Å². The summed E-state index contributed by atoms with van der Waals surface area (Å²) < 4.78 is 11.7. The Morgan fingerprint density at radius 1 is 1.14 bits per heavy atom. The summed E-state index contributed by atoms with van der Waals surface area (Å²) in [5.74, 6) is 1.01. The van der Waals surface area contributed by atoms with E-state index in [0.29, 0.717) is 18.2 Å². The maximum absolute atomic E-state index is 6.01. The lowest BCUT2D eigenvalue weighted by Gasteiger charge is -2.18. The van der Waals surface area contributed by atoms with Crippen molar-refractivity contribution in [1.82, 2.24) is 5.32 Å². The molecule has 2 aliphatic rings. The van der Waals surface area contributed by atoms with Gasteiger partial charge in [0.1, 0.15) is 5.75 Å². The molecule has 0 aromatic heterocycles. The molecule has 0 unspecified atom stereocenters. The molecular weight excluding hydrogens is 262 g/mol. The van der Waals surface area contributed by atoms with Gasteiger partial charge >= 0.3 is 0 Å². The van der Waals surface area contributed by atoms with Gasteiger partial charge in [-0.15, -0.1) is 0 Å². The highest BCUT2D eigenvalue weighted by atomic mass is 16.5. The lowest BCUT2D eigenvalue weighted by atomic mass is 10.1. The third-order valence-electron chi connectivity index (χ3n) is 4.66. The van der Waals surface area contributed by atoms with Gasteiger partial charge < -0.3 is 14.8 Å². The summed E-state index contributed by atoms with van der Waals surface area (Å²) in [5, 5.41) is 3.57. The Hall–Kier alpha value is -1.06. The van der Waals surface area contributed by atoms with Gasteiger partial charge in [0.05, 0.1) is 12.2 Å². The molecule has 1 saturated heterocycles. The average molecular weight is 289 g/mol. The molecule has 0 bridgehead atoms. The van der Waals surface area contributed by atoms with Gasteiger partial charge in [0.2, 0.25) is 0 Å². The van der Waals surface area contributed by atoms with E-state index in [1.54, 1.807) is 0 Å². The van der Waals surface area contributed by atoms with Gasteiger partial charge in [0.25, 0.3) is 0 Å². The maximum Gasteiger partial charge on any atom is 0.119 e. The number of benzene rings is 1. The standard InChI is InChI=1S/C18H27NO2/c1-14(19-13-18-7-4-12-20-18)15-8-10-17(11-9-15)21-16-5-2-3-6-16/h8-11,14,16,18-19H,2-7,12-13H2,1H3/t14-,18+/m1/s1. The van der Waals surface area contributed by atoms with Crippen LogP contribution in [0, 0.1) is 0 Å². The minimum absolute atomic E-state index is 0.356. The maximum atomic E-state index is 6.01. The molecule has 3 rings (SSSR count). The zero-order valence-electron chi connectivity index (χ0n) is 13.0. The molecule has 3 nitrogen and oxygen atoms in total. The Labute approximate surface area is 128 Å². The number of rotatable bonds is 6. The zero-order chi connectivity index (χ0) is 14.5. The van der Waals surface area contributed by atoms with Crippen LogP contribution < -0.4 is 10.1 Å². The lowest BCUT2D eigenvalue weighted by Crippen LogP contribution is -2.28. The molecule has 1 saturated carbocycles. The van der Waals surface area contributed by atoms with Crippen LogP contribution in [-0.2, 0) is 4.74 Å². The topological polar surface area (TPSA) is 30.5 Å². The first-order valence-electron chi connectivity index (χ1n) is 8.43. The molecular formula is C18H27NO2. The average Bonchev–Trinajstić information content (AvgIpc) is 3.19. The van der Waals surface area contributed by atoms with Crippen molar-refractivity contribution in [2.75, 3.05) is 13.2 Å². The third kappa shape index (κ3) is 4.21. The summed E-state index contributed by atoms with van der Waals surface area (Å²) in [7, 11) is 0. The van der Waals surface area contributed by atoms with Crippen LogP contribution in [0.15, 0.2) is 24.3 Å². The molecule has 1 aliphatic heterocycles. The van der Waals surface area contributed by atoms with Crippen LogP contribution in [0.5, 0.6) is 5.75 Å². The number of nitrogens with one attached hydrogen (secondary N) is 1. The SMILES string of the molecule is C[C@@H](NC[C@@H]1CCCO1)c1ccc(OC2CCCC2)cc1. The first-order valence-corrected chi connectivity index (χ1v) is 8.43. The molecule has 0 amide bonds. The molecule has 2 fully saturated rings. The second-order valence-electron chi connectivity index (χ2n) is 6.36. The van der Waals surface area contributed by atoms with Crippen molar-refractivity contribution in [3.8, 4) is 5.75 Å². The van der Waals surface area contributed by atoms with Gasteiger partial charge in [0, 0.05) is 19.2 Å². The van der Waals surface area contributed by atoms with Crippen LogP contribution in [0.1, 0.15) is 57.1 Å². The zero-order valence-corrected chi connectivity index (χ0v) is 13.0. The van der Waals surface area contributed by atoms with Gasteiger partial charge in [-0.2, -0.15) is 0 Å². The fraction of sp³-hybridized carbons (Fsp3) is 0.667. The molecule has 1 aliphatic carbocycles. The Bertz CT molecular complexity index is 419. The molecule has 2 atom stereocenters. The van der Waals surface area contributed by atoms with Crippen LogP contribution in [0.2, 0.25) is 0 Å². The van der Waals surface area contributed by atoms with E-state index in [4.69, 9.17) is 9.47 Å². The summed E-state index contributed by atoms with van der Waals surface area (Å²) in [6.45, 7) is 4.08. The molecule has 0 spiro atoms. The largest absolute Gasteiger partial charge is 0.490 e. The first kappa shape index (κ1) is 14.9. The van der Waals surface area contributed by atoms with Crippen LogP contribution >= 0.6 is 0 Å². The molecule has 1 aromatic carbocycles. The fourth-order valence-electron chi connectivity index (χ4n) is 3.27. The van der Waals surface area contributed by atoms with Crippen molar-refractivity contribution in [2.24, 2.45) is 0 Å². The van der Waals surface area contributed by atoms with E-state index in [1.165, 1.54) is 44.1 Å². The molecule has 1 N–H and O–H groups in total. The Morgan fingerprint density at radius 2 is 1.90 bits per heavy atom. The smallest absolute Gasteiger partial charge is 0.119 e. The quantitative estimate of drug-likeness (QED) is 0.863. The lowest BCUT2D eigenvalue weighted by molar-refractivity contribution is 0.108. The Morgan fingerprint density at radius 3 is 2.57 bits per heavy atom.